The lowest BCUT2D eigenvalue weighted by atomic mass is 10.2. The van der Waals surface area contributed by atoms with E-state index in [9.17, 15) is 9.59 Å². The normalized spacial score (nSPS) is 22.0. The van der Waals surface area contributed by atoms with Crippen LogP contribution >= 0.6 is 0 Å². The Morgan fingerprint density at radius 1 is 1.50 bits per heavy atom. The summed E-state index contributed by atoms with van der Waals surface area (Å²) >= 11 is 0. The summed E-state index contributed by atoms with van der Waals surface area (Å²) in [5.41, 5.74) is 0. The van der Waals surface area contributed by atoms with Gasteiger partial charge in [0.15, 0.2) is 0 Å². The van der Waals surface area contributed by atoms with Gasteiger partial charge in [-0.15, -0.1) is 0 Å². The van der Waals surface area contributed by atoms with Gasteiger partial charge in [0, 0.05) is 13.0 Å². The Kier molecular flexibility index (Phi) is 3.84. The van der Waals surface area contributed by atoms with E-state index < -0.39 is 18.0 Å². The van der Waals surface area contributed by atoms with Crippen LogP contribution in [0.3, 0.4) is 0 Å². The standard InChI is InChI=1S/C8H14N2O4/c1-2-7(11)13-14-8(12)6-4-3-5-10(6)9/h6H,2-5,9H2,1H3. The second-order valence-electron chi connectivity index (χ2n) is 3.11. The Hall–Kier alpha value is -1.14. The molecular weight excluding hydrogens is 188 g/mol. The molecule has 1 atom stereocenters. The van der Waals surface area contributed by atoms with Gasteiger partial charge in [0.1, 0.15) is 6.04 Å². The topological polar surface area (TPSA) is 81.9 Å². The molecule has 0 radical (unpaired) electrons. The van der Waals surface area contributed by atoms with Gasteiger partial charge in [0.2, 0.25) is 0 Å². The Morgan fingerprint density at radius 2 is 2.21 bits per heavy atom. The van der Waals surface area contributed by atoms with Crippen molar-refractivity contribution in [1.29, 1.82) is 0 Å². The molecule has 2 N–H and O–H groups in total. The van der Waals surface area contributed by atoms with Crippen molar-refractivity contribution < 1.29 is 19.4 Å². The Balaban J connectivity index is 2.31. The first-order valence-corrected chi connectivity index (χ1v) is 4.57. The first-order valence-electron chi connectivity index (χ1n) is 4.57. The third-order valence-corrected chi connectivity index (χ3v) is 2.07. The van der Waals surface area contributed by atoms with E-state index in [0.29, 0.717) is 13.0 Å². The summed E-state index contributed by atoms with van der Waals surface area (Å²) < 4.78 is 0. The van der Waals surface area contributed by atoms with Crippen molar-refractivity contribution in [3.05, 3.63) is 0 Å². The van der Waals surface area contributed by atoms with Crippen LogP contribution in [0, 0.1) is 0 Å². The predicted octanol–water partition coefficient (Wildman–Crippen LogP) is -0.264. The lowest BCUT2D eigenvalue weighted by Crippen LogP contribution is -2.42. The van der Waals surface area contributed by atoms with Gasteiger partial charge < -0.3 is 0 Å². The maximum Gasteiger partial charge on any atom is 0.373 e. The number of rotatable bonds is 2. The molecule has 0 amide bonds. The fourth-order valence-electron chi connectivity index (χ4n) is 1.24. The fraction of sp³-hybridized carbons (Fsp3) is 0.750. The molecule has 1 aliphatic rings. The number of hydrazine groups is 1. The van der Waals surface area contributed by atoms with Crippen LogP contribution in [-0.4, -0.2) is 29.5 Å². The van der Waals surface area contributed by atoms with Gasteiger partial charge in [-0.3, -0.25) is 5.84 Å². The largest absolute Gasteiger partial charge is 0.373 e. The molecule has 1 saturated heterocycles. The van der Waals surface area contributed by atoms with Gasteiger partial charge in [0.25, 0.3) is 0 Å². The first kappa shape index (κ1) is 10.9. The number of nitrogens with two attached hydrogens (primary N) is 1. The average molecular weight is 202 g/mol. The van der Waals surface area contributed by atoms with Crippen LogP contribution in [0.15, 0.2) is 0 Å². The highest BCUT2D eigenvalue weighted by atomic mass is 17.2. The Labute approximate surface area is 81.8 Å². The lowest BCUT2D eigenvalue weighted by molar-refractivity contribution is -0.261. The van der Waals surface area contributed by atoms with Crippen molar-refractivity contribution in [2.45, 2.75) is 32.2 Å². The quantitative estimate of drug-likeness (QED) is 0.377. The predicted molar refractivity (Wildman–Crippen MR) is 46.4 cm³/mol. The maximum absolute atomic E-state index is 11.3. The van der Waals surface area contributed by atoms with Crippen LogP contribution in [-0.2, 0) is 19.4 Å². The smallest absolute Gasteiger partial charge is 0.268 e. The molecule has 0 aromatic heterocycles. The molecule has 0 aromatic rings. The highest BCUT2D eigenvalue weighted by molar-refractivity contribution is 5.77. The summed E-state index contributed by atoms with van der Waals surface area (Å²) in [6.45, 7) is 2.27. The van der Waals surface area contributed by atoms with E-state index in [1.807, 2.05) is 0 Å². The van der Waals surface area contributed by atoms with E-state index in [2.05, 4.69) is 9.78 Å². The first-order chi connectivity index (χ1) is 6.65. The van der Waals surface area contributed by atoms with E-state index >= 15 is 0 Å². The summed E-state index contributed by atoms with van der Waals surface area (Å²) in [6.07, 6.45) is 1.65. The van der Waals surface area contributed by atoms with Crippen LogP contribution in [0.2, 0.25) is 0 Å². The maximum atomic E-state index is 11.3. The van der Waals surface area contributed by atoms with Crippen molar-refractivity contribution >= 4 is 11.9 Å². The number of hydrogen-bond acceptors (Lipinski definition) is 6. The van der Waals surface area contributed by atoms with Crippen molar-refractivity contribution in [3.63, 3.8) is 0 Å². The van der Waals surface area contributed by atoms with Crippen molar-refractivity contribution in [2.75, 3.05) is 6.54 Å². The van der Waals surface area contributed by atoms with E-state index in [1.165, 1.54) is 5.01 Å². The number of nitrogens with zero attached hydrogens (tertiary/aromatic N) is 1. The molecule has 0 bridgehead atoms. The molecule has 14 heavy (non-hydrogen) atoms. The monoisotopic (exact) mass is 202 g/mol. The van der Waals surface area contributed by atoms with Gasteiger partial charge in [-0.05, 0) is 12.8 Å². The Morgan fingerprint density at radius 3 is 2.71 bits per heavy atom. The molecule has 0 aromatic carbocycles. The van der Waals surface area contributed by atoms with Crippen LogP contribution in [0.25, 0.3) is 0 Å². The third-order valence-electron chi connectivity index (χ3n) is 2.07. The molecular formula is C8H14N2O4. The van der Waals surface area contributed by atoms with Gasteiger partial charge >= 0.3 is 11.9 Å². The average Bonchev–Trinajstić information content (AvgIpc) is 2.60. The highest BCUT2D eigenvalue weighted by Gasteiger charge is 2.31. The fourth-order valence-corrected chi connectivity index (χ4v) is 1.24. The van der Waals surface area contributed by atoms with E-state index in [-0.39, 0.29) is 6.42 Å². The van der Waals surface area contributed by atoms with Crippen LogP contribution in [0.1, 0.15) is 26.2 Å². The number of carbonyl (C=O) groups excluding carboxylic acids is 2. The second-order valence-corrected chi connectivity index (χ2v) is 3.11. The zero-order valence-electron chi connectivity index (χ0n) is 8.06. The van der Waals surface area contributed by atoms with Crippen molar-refractivity contribution in [1.82, 2.24) is 5.01 Å². The van der Waals surface area contributed by atoms with Crippen LogP contribution in [0.5, 0.6) is 0 Å². The molecule has 80 valence electrons. The molecule has 6 heteroatoms. The van der Waals surface area contributed by atoms with Crippen LogP contribution in [0.4, 0.5) is 0 Å². The molecule has 1 aliphatic heterocycles. The molecule has 6 nitrogen and oxygen atoms in total. The molecule has 0 spiro atoms. The molecule has 0 saturated carbocycles. The zero-order chi connectivity index (χ0) is 10.6. The van der Waals surface area contributed by atoms with Crippen molar-refractivity contribution in [3.8, 4) is 0 Å². The summed E-state index contributed by atoms with van der Waals surface area (Å²) in [5.74, 6) is 4.34. The minimum absolute atomic E-state index is 0.171. The van der Waals surface area contributed by atoms with E-state index in [1.54, 1.807) is 6.92 Å². The third kappa shape index (κ3) is 2.68. The van der Waals surface area contributed by atoms with Gasteiger partial charge in [0.05, 0.1) is 0 Å². The molecule has 1 heterocycles. The number of hydrogen-bond donors (Lipinski definition) is 1. The SMILES string of the molecule is CCC(=O)OOC(=O)C1CCCN1N. The van der Waals surface area contributed by atoms with Gasteiger partial charge in [-0.25, -0.2) is 24.4 Å². The second kappa shape index (κ2) is 4.92. The minimum atomic E-state index is -0.605. The molecule has 0 aliphatic carbocycles. The summed E-state index contributed by atoms with van der Waals surface area (Å²) in [6, 6.07) is -0.486. The molecule has 1 unspecified atom stereocenters. The van der Waals surface area contributed by atoms with E-state index in [0.717, 1.165) is 6.42 Å². The summed E-state index contributed by atoms with van der Waals surface area (Å²) in [4.78, 5) is 30.5. The minimum Gasteiger partial charge on any atom is -0.268 e. The highest BCUT2D eigenvalue weighted by Crippen LogP contribution is 2.14. The van der Waals surface area contributed by atoms with E-state index in [4.69, 9.17) is 5.84 Å². The zero-order valence-corrected chi connectivity index (χ0v) is 8.06. The molecule has 1 fully saturated rings. The molecule has 1 rings (SSSR count). The lowest BCUT2D eigenvalue weighted by Gasteiger charge is -2.15. The summed E-state index contributed by atoms with van der Waals surface area (Å²) in [5, 5.41) is 1.39. The Bertz CT molecular complexity index is 231. The van der Waals surface area contributed by atoms with Crippen molar-refractivity contribution in [2.24, 2.45) is 5.84 Å². The summed E-state index contributed by atoms with van der Waals surface area (Å²) in [7, 11) is 0. The van der Waals surface area contributed by atoms with Gasteiger partial charge in [-0.2, -0.15) is 0 Å². The number of carbonyl (C=O) groups is 2. The van der Waals surface area contributed by atoms with Crippen LogP contribution < -0.4 is 5.84 Å². The van der Waals surface area contributed by atoms with Gasteiger partial charge in [-0.1, -0.05) is 6.92 Å².